The number of nitrogens with zero attached hydrogens (tertiary/aromatic N) is 5. The Hall–Kier alpha value is -5.26. The Labute approximate surface area is 211 Å². The summed E-state index contributed by atoms with van der Waals surface area (Å²) in [6.45, 7) is -1.71. The van der Waals surface area contributed by atoms with E-state index in [1.165, 1.54) is 0 Å². The molecule has 18 heteroatoms. The lowest BCUT2D eigenvalue weighted by atomic mass is 10.1. The van der Waals surface area contributed by atoms with Crippen molar-refractivity contribution in [3.05, 3.63) is 88.0 Å². The zero-order valence-corrected chi connectivity index (χ0v) is 19.2. The number of ether oxygens (including phenoxy) is 2. The van der Waals surface area contributed by atoms with Crippen LogP contribution in [0.15, 0.2) is 36.4 Å². The predicted octanol–water partition coefficient (Wildman–Crippen LogP) is 1.97. The maximum absolute atomic E-state index is 12.8. The van der Waals surface area contributed by atoms with Crippen molar-refractivity contribution in [2.24, 2.45) is 0 Å². The smallest absolute Gasteiger partial charge is 0.410 e. The van der Waals surface area contributed by atoms with E-state index in [-0.39, 0.29) is 19.6 Å². The van der Waals surface area contributed by atoms with Gasteiger partial charge in [0.15, 0.2) is 0 Å². The summed E-state index contributed by atoms with van der Waals surface area (Å²) in [5.41, 5.74) is -3.50. The number of piperazine rings is 1. The zero-order valence-electron chi connectivity index (χ0n) is 19.2. The maximum atomic E-state index is 12.8. The molecular formula is C20H18N6O12. The van der Waals surface area contributed by atoms with Gasteiger partial charge >= 0.3 is 12.1 Å². The van der Waals surface area contributed by atoms with Gasteiger partial charge in [-0.25, -0.2) is 9.59 Å². The number of esters is 1. The molecule has 0 aromatic heterocycles. The Morgan fingerprint density at radius 2 is 1.21 bits per heavy atom. The van der Waals surface area contributed by atoms with Gasteiger partial charge in [0.2, 0.25) is 0 Å². The van der Waals surface area contributed by atoms with Gasteiger partial charge < -0.3 is 14.8 Å². The van der Waals surface area contributed by atoms with Crippen molar-refractivity contribution < 1.29 is 38.8 Å². The topological polar surface area (TPSA) is 240 Å². The molecule has 2 aromatic rings. The number of carbonyl (C=O) groups is 2. The highest BCUT2D eigenvalue weighted by atomic mass is 16.6. The lowest BCUT2D eigenvalue weighted by Crippen LogP contribution is -2.57. The summed E-state index contributed by atoms with van der Waals surface area (Å²) < 4.78 is 10.1. The van der Waals surface area contributed by atoms with E-state index >= 15 is 0 Å². The van der Waals surface area contributed by atoms with Gasteiger partial charge in [0.05, 0.1) is 19.7 Å². The van der Waals surface area contributed by atoms with Gasteiger partial charge in [-0.2, -0.15) is 0 Å². The molecule has 2 aromatic carbocycles. The monoisotopic (exact) mass is 534 g/mol. The summed E-state index contributed by atoms with van der Waals surface area (Å²) in [6.07, 6.45) is -1.14. The molecule has 1 amide bonds. The fraction of sp³-hybridized carbons (Fsp3) is 0.300. The summed E-state index contributed by atoms with van der Waals surface area (Å²) in [5, 5.41) is 48.0. The number of nitro groups is 4. The van der Waals surface area contributed by atoms with Crippen molar-refractivity contribution in [1.29, 1.82) is 0 Å². The standard InChI is InChI=1S/C20H18N6O12/c27-19(37-10-12-14(23(29)30)3-1-4-15(12)24(31)32)18-9-21-7-8-22(18)20(28)38-11-13-16(25(33)34)5-2-6-17(13)26(35)36/h1-6,18,21H,7-11H2. The van der Waals surface area contributed by atoms with Crippen LogP contribution in [0.1, 0.15) is 11.1 Å². The van der Waals surface area contributed by atoms with Crippen LogP contribution in [-0.4, -0.2) is 62.3 Å². The number of hydrogen-bond acceptors (Lipinski definition) is 13. The van der Waals surface area contributed by atoms with Crippen LogP contribution < -0.4 is 5.32 Å². The van der Waals surface area contributed by atoms with Crippen LogP contribution in [0.3, 0.4) is 0 Å². The maximum Gasteiger partial charge on any atom is 0.410 e. The molecule has 1 heterocycles. The summed E-state index contributed by atoms with van der Waals surface area (Å²) in [4.78, 5) is 68.1. The lowest BCUT2D eigenvalue weighted by molar-refractivity contribution is -0.396. The third kappa shape index (κ3) is 5.93. The average molecular weight is 534 g/mol. The Bertz CT molecular complexity index is 1150. The first-order valence-electron chi connectivity index (χ1n) is 10.6. The van der Waals surface area contributed by atoms with Crippen LogP contribution in [0.25, 0.3) is 0 Å². The number of benzene rings is 2. The van der Waals surface area contributed by atoms with Gasteiger partial charge in [-0.05, 0) is 12.1 Å². The fourth-order valence-corrected chi connectivity index (χ4v) is 3.70. The molecule has 1 unspecified atom stereocenters. The molecule has 38 heavy (non-hydrogen) atoms. The van der Waals surface area contributed by atoms with Crippen molar-refractivity contribution in [2.45, 2.75) is 19.3 Å². The highest BCUT2D eigenvalue weighted by Crippen LogP contribution is 2.30. The molecule has 0 saturated carbocycles. The molecule has 1 aliphatic heterocycles. The van der Waals surface area contributed by atoms with Gasteiger partial charge in [-0.3, -0.25) is 45.4 Å². The third-order valence-corrected chi connectivity index (χ3v) is 5.49. The molecule has 1 N–H and O–H groups in total. The minimum absolute atomic E-state index is 0.0940. The molecule has 18 nitrogen and oxygen atoms in total. The molecule has 1 saturated heterocycles. The van der Waals surface area contributed by atoms with Crippen molar-refractivity contribution in [2.75, 3.05) is 19.6 Å². The fourth-order valence-electron chi connectivity index (χ4n) is 3.70. The van der Waals surface area contributed by atoms with E-state index in [0.29, 0.717) is 0 Å². The van der Waals surface area contributed by atoms with Gasteiger partial charge in [0.1, 0.15) is 30.4 Å². The lowest BCUT2D eigenvalue weighted by Gasteiger charge is -2.33. The minimum Gasteiger partial charge on any atom is -0.459 e. The van der Waals surface area contributed by atoms with Gasteiger partial charge in [0, 0.05) is 43.9 Å². The second-order valence-corrected chi connectivity index (χ2v) is 7.65. The van der Waals surface area contributed by atoms with Crippen molar-refractivity contribution >= 4 is 34.8 Å². The van der Waals surface area contributed by atoms with Crippen molar-refractivity contribution in [1.82, 2.24) is 10.2 Å². The molecule has 3 rings (SSSR count). The van der Waals surface area contributed by atoms with E-state index in [0.717, 1.165) is 41.3 Å². The predicted molar refractivity (Wildman–Crippen MR) is 123 cm³/mol. The van der Waals surface area contributed by atoms with E-state index in [1.54, 1.807) is 0 Å². The van der Waals surface area contributed by atoms with Crippen LogP contribution in [0.4, 0.5) is 27.5 Å². The molecule has 0 bridgehead atoms. The molecule has 200 valence electrons. The number of rotatable bonds is 9. The Morgan fingerprint density at radius 3 is 1.63 bits per heavy atom. The number of hydrogen-bond donors (Lipinski definition) is 1. The molecular weight excluding hydrogens is 516 g/mol. The molecule has 0 aliphatic carbocycles. The summed E-state index contributed by atoms with van der Waals surface area (Å²) in [5.74, 6) is -1.07. The van der Waals surface area contributed by atoms with E-state index in [1.807, 2.05) is 0 Å². The quantitative estimate of drug-likeness (QED) is 0.275. The first-order chi connectivity index (χ1) is 18.0. The summed E-state index contributed by atoms with van der Waals surface area (Å²) >= 11 is 0. The van der Waals surface area contributed by atoms with Crippen LogP contribution in [0, 0.1) is 40.5 Å². The molecule has 0 radical (unpaired) electrons. The van der Waals surface area contributed by atoms with E-state index in [4.69, 9.17) is 9.47 Å². The second kappa shape index (κ2) is 11.6. The summed E-state index contributed by atoms with van der Waals surface area (Å²) in [6, 6.07) is 4.89. The Morgan fingerprint density at radius 1 is 0.789 bits per heavy atom. The number of amides is 1. The van der Waals surface area contributed by atoms with Crippen LogP contribution in [0.2, 0.25) is 0 Å². The van der Waals surface area contributed by atoms with E-state index in [9.17, 15) is 50.0 Å². The Balaban J connectivity index is 1.76. The first kappa shape index (κ1) is 27.3. The Kier molecular flexibility index (Phi) is 8.38. The largest absolute Gasteiger partial charge is 0.459 e. The highest BCUT2D eigenvalue weighted by Gasteiger charge is 2.36. The zero-order chi connectivity index (χ0) is 28.0. The van der Waals surface area contributed by atoms with Crippen molar-refractivity contribution in [3.8, 4) is 0 Å². The van der Waals surface area contributed by atoms with E-state index < -0.39 is 84.9 Å². The number of nitrogens with one attached hydrogen (secondary N) is 1. The number of nitro benzene ring substituents is 4. The SMILES string of the molecule is O=C(OCc1c([N+](=O)[O-])cccc1[N+](=O)[O-])C1CNCCN1C(=O)OCc1c([N+](=O)[O-])cccc1[N+](=O)[O-]. The van der Waals surface area contributed by atoms with Gasteiger partial charge in [-0.1, -0.05) is 0 Å². The van der Waals surface area contributed by atoms with Gasteiger partial charge in [0.25, 0.3) is 22.7 Å². The van der Waals surface area contributed by atoms with E-state index in [2.05, 4.69) is 5.32 Å². The minimum atomic E-state index is -1.33. The second-order valence-electron chi connectivity index (χ2n) is 7.65. The van der Waals surface area contributed by atoms with Crippen molar-refractivity contribution in [3.63, 3.8) is 0 Å². The highest BCUT2D eigenvalue weighted by molar-refractivity contribution is 5.82. The summed E-state index contributed by atoms with van der Waals surface area (Å²) in [7, 11) is 0. The van der Waals surface area contributed by atoms with Crippen LogP contribution >= 0.6 is 0 Å². The molecule has 1 atom stereocenters. The van der Waals surface area contributed by atoms with Crippen LogP contribution in [-0.2, 0) is 27.5 Å². The number of carbonyl (C=O) groups excluding carboxylic acids is 2. The van der Waals surface area contributed by atoms with Gasteiger partial charge in [-0.15, -0.1) is 0 Å². The van der Waals surface area contributed by atoms with Crippen LogP contribution in [0.5, 0.6) is 0 Å². The molecule has 0 spiro atoms. The molecule has 1 aliphatic rings. The first-order valence-corrected chi connectivity index (χ1v) is 10.6. The third-order valence-electron chi connectivity index (χ3n) is 5.49. The molecule has 1 fully saturated rings. The average Bonchev–Trinajstić information content (AvgIpc) is 2.89. The normalized spacial score (nSPS) is 14.8.